The molecule has 1 aliphatic carbocycles. The van der Waals surface area contributed by atoms with Crippen LogP contribution >= 0.6 is 23.2 Å². The lowest BCUT2D eigenvalue weighted by Gasteiger charge is -2.32. The van der Waals surface area contributed by atoms with Gasteiger partial charge in [0.25, 0.3) is 0 Å². The number of aliphatic hydroxyl groups excluding tert-OH is 2. The summed E-state index contributed by atoms with van der Waals surface area (Å²) in [6.45, 7) is 0. The summed E-state index contributed by atoms with van der Waals surface area (Å²) < 4.78 is 5.72. The van der Waals surface area contributed by atoms with Gasteiger partial charge in [-0.05, 0) is 12.0 Å². The highest BCUT2D eigenvalue weighted by Gasteiger charge is 2.43. The van der Waals surface area contributed by atoms with E-state index in [0.29, 0.717) is 18.6 Å². The highest BCUT2D eigenvalue weighted by Crippen LogP contribution is 2.42. The number of aryl methyl sites for hydroxylation is 2. The van der Waals surface area contributed by atoms with Crippen LogP contribution in [-0.4, -0.2) is 22.4 Å². The molecule has 0 radical (unpaired) electrons. The van der Waals surface area contributed by atoms with Gasteiger partial charge in [0.05, 0.1) is 10.9 Å². The van der Waals surface area contributed by atoms with Crippen LogP contribution in [0.5, 0.6) is 0 Å². The van der Waals surface area contributed by atoms with Crippen LogP contribution in [0.1, 0.15) is 33.4 Å². The molecule has 1 heterocycles. The molecule has 1 aromatic carbocycles. The maximum absolute atomic E-state index is 12.3. The lowest BCUT2D eigenvalue weighted by molar-refractivity contribution is 0.00162. The minimum atomic E-state index is -1.30. The van der Waals surface area contributed by atoms with Crippen molar-refractivity contribution < 1.29 is 14.6 Å². The Morgan fingerprint density at radius 1 is 1.00 bits per heavy atom. The van der Waals surface area contributed by atoms with Gasteiger partial charge in [-0.15, -0.1) is 23.2 Å². The van der Waals surface area contributed by atoms with Crippen molar-refractivity contribution in [2.24, 2.45) is 0 Å². The van der Waals surface area contributed by atoms with E-state index in [-0.39, 0.29) is 16.8 Å². The molecule has 3 rings (SSSR count). The van der Waals surface area contributed by atoms with Crippen LogP contribution in [0.15, 0.2) is 45.6 Å². The van der Waals surface area contributed by atoms with Gasteiger partial charge < -0.3 is 14.6 Å². The zero-order valence-electron chi connectivity index (χ0n) is 12.2. The van der Waals surface area contributed by atoms with E-state index in [0.717, 1.165) is 5.56 Å². The molecule has 1 aromatic heterocycles. The smallest absolute Gasteiger partial charge is 0.190 e. The fraction of sp³-hybridized carbons (Fsp3) is 0.353. The summed E-state index contributed by atoms with van der Waals surface area (Å²) in [6, 6.07) is 11.2. The van der Waals surface area contributed by atoms with Gasteiger partial charge in [0.2, 0.25) is 0 Å². The molecule has 0 saturated carbocycles. The number of benzene rings is 1. The topological polar surface area (TPSA) is 70.7 Å². The third-order valence-electron chi connectivity index (χ3n) is 4.04. The van der Waals surface area contributed by atoms with Gasteiger partial charge in [-0.1, -0.05) is 30.3 Å². The van der Waals surface area contributed by atoms with Crippen LogP contribution in [0.2, 0.25) is 0 Å². The molecular weight excluding hydrogens is 339 g/mol. The van der Waals surface area contributed by atoms with E-state index in [4.69, 9.17) is 27.6 Å². The number of hydrogen-bond acceptors (Lipinski definition) is 4. The number of aliphatic hydroxyl groups is 2. The highest BCUT2D eigenvalue weighted by atomic mass is 35.5. The summed E-state index contributed by atoms with van der Waals surface area (Å²) in [4.78, 5) is 12.3. The number of rotatable bonds is 3. The van der Waals surface area contributed by atoms with Crippen molar-refractivity contribution in [1.29, 1.82) is 0 Å². The van der Waals surface area contributed by atoms with Crippen molar-refractivity contribution >= 4 is 23.2 Å². The molecule has 2 aromatic rings. The average Bonchev–Trinajstić information content (AvgIpc) is 2.56. The zero-order valence-corrected chi connectivity index (χ0v) is 13.7. The van der Waals surface area contributed by atoms with Gasteiger partial charge in [-0.3, -0.25) is 4.79 Å². The zero-order chi connectivity index (χ0) is 16.6. The second-order valence-corrected chi connectivity index (χ2v) is 6.57. The molecule has 0 spiro atoms. The summed E-state index contributed by atoms with van der Waals surface area (Å²) in [5.41, 5.74) is 0.930. The van der Waals surface area contributed by atoms with Crippen molar-refractivity contribution in [2.75, 3.05) is 0 Å². The molecular formula is C17H16Cl2O4. The molecule has 1 aliphatic rings. The maximum atomic E-state index is 12.3. The van der Waals surface area contributed by atoms with E-state index in [1.54, 1.807) is 0 Å². The number of alkyl halides is 2. The molecule has 122 valence electrons. The van der Waals surface area contributed by atoms with Crippen LogP contribution in [0, 0.1) is 0 Å². The van der Waals surface area contributed by atoms with E-state index in [1.807, 2.05) is 30.3 Å². The number of halogens is 2. The third-order valence-corrected chi connectivity index (χ3v) is 4.98. The fourth-order valence-corrected chi connectivity index (χ4v) is 3.43. The second-order valence-electron chi connectivity index (χ2n) is 5.63. The average molecular weight is 355 g/mol. The van der Waals surface area contributed by atoms with Crippen molar-refractivity contribution in [1.82, 2.24) is 0 Å². The lowest BCUT2D eigenvalue weighted by Crippen LogP contribution is -2.40. The molecule has 0 aliphatic heterocycles. The van der Waals surface area contributed by atoms with Gasteiger partial charge in [-0.25, -0.2) is 0 Å². The Morgan fingerprint density at radius 3 is 2.35 bits per heavy atom. The van der Waals surface area contributed by atoms with Crippen molar-refractivity contribution in [3.8, 4) is 0 Å². The van der Waals surface area contributed by atoms with E-state index in [2.05, 4.69) is 0 Å². The van der Waals surface area contributed by atoms with Gasteiger partial charge >= 0.3 is 0 Å². The standard InChI is InChI=1S/C17H16Cl2O4/c18-13-12-11(20)8-10(7-6-9-4-2-1-3-5-9)23-17(12)14(19)16(22)15(13)21/h1-5,8,13-16,21-22H,6-7H2/t13-,14-,15+,16-/m1/s1. The summed E-state index contributed by atoms with van der Waals surface area (Å²) in [6.07, 6.45) is -1.34. The molecule has 0 amide bonds. The molecule has 4 nitrogen and oxygen atoms in total. The molecule has 6 heteroatoms. The Morgan fingerprint density at radius 2 is 1.65 bits per heavy atom. The molecule has 0 fully saturated rings. The van der Waals surface area contributed by atoms with Crippen molar-refractivity contribution in [2.45, 2.75) is 35.8 Å². The second kappa shape index (κ2) is 6.65. The van der Waals surface area contributed by atoms with E-state index >= 15 is 0 Å². The first-order valence-corrected chi connectivity index (χ1v) is 8.21. The molecule has 23 heavy (non-hydrogen) atoms. The van der Waals surface area contributed by atoms with Gasteiger partial charge in [0, 0.05) is 12.5 Å². The van der Waals surface area contributed by atoms with E-state index in [1.165, 1.54) is 6.07 Å². The Balaban J connectivity index is 1.91. The van der Waals surface area contributed by atoms with Crippen LogP contribution in [0.25, 0.3) is 0 Å². The summed E-state index contributed by atoms with van der Waals surface area (Å²) >= 11 is 12.2. The van der Waals surface area contributed by atoms with Crippen molar-refractivity contribution in [3.05, 3.63) is 69.3 Å². The predicted molar refractivity (Wildman–Crippen MR) is 88.0 cm³/mol. The summed E-state index contributed by atoms with van der Waals surface area (Å²) in [5, 5.41) is 17.8. The van der Waals surface area contributed by atoms with Gasteiger partial charge in [-0.2, -0.15) is 0 Å². The normalized spacial score (nSPS) is 26.8. The molecule has 4 atom stereocenters. The lowest BCUT2D eigenvalue weighted by atomic mass is 9.91. The first kappa shape index (κ1) is 16.5. The Bertz CT molecular complexity index is 744. The number of hydrogen-bond donors (Lipinski definition) is 2. The largest absolute Gasteiger partial charge is 0.464 e. The van der Waals surface area contributed by atoms with E-state index in [9.17, 15) is 15.0 Å². The van der Waals surface area contributed by atoms with Crippen LogP contribution < -0.4 is 5.43 Å². The molecule has 0 unspecified atom stereocenters. The molecule has 0 bridgehead atoms. The Labute approximate surface area is 143 Å². The van der Waals surface area contributed by atoms with Gasteiger partial charge in [0.15, 0.2) is 5.43 Å². The minimum absolute atomic E-state index is 0.132. The minimum Gasteiger partial charge on any atom is -0.464 e. The van der Waals surface area contributed by atoms with Gasteiger partial charge in [0.1, 0.15) is 29.1 Å². The van der Waals surface area contributed by atoms with Crippen LogP contribution in [-0.2, 0) is 12.8 Å². The SMILES string of the molecule is O=c1cc(CCc2ccccc2)oc2c1[C@@H](Cl)[C@H](O)[C@H](O)[C@H]2Cl. The highest BCUT2D eigenvalue weighted by molar-refractivity contribution is 6.24. The predicted octanol–water partition coefficient (Wildman–Crippen LogP) is 2.72. The quantitative estimate of drug-likeness (QED) is 0.831. The van der Waals surface area contributed by atoms with E-state index < -0.39 is 23.0 Å². The van der Waals surface area contributed by atoms with Crippen LogP contribution in [0.4, 0.5) is 0 Å². The molecule has 0 saturated heterocycles. The Kier molecular flexibility index (Phi) is 4.78. The Hall–Kier alpha value is -1.33. The summed E-state index contributed by atoms with van der Waals surface area (Å²) in [5.74, 6) is 0.635. The monoisotopic (exact) mass is 354 g/mol. The summed E-state index contributed by atoms with van der Waals surface area (Å²) in [7, 11) is 0. The van der Waals surface area contributed by atoms with Crippen LogP contribution in [0.3, 0.4) is 0 Å². The van der Waals surface area contributed by atoms with Crippen molar-refractivity contribution in [3.63, 3.8) is 0 Å². The fourth-order valence-electron chi connectivity index (χ4n) is 2.76. The maximum Gasteiger partial charge on any atom is 0.190 e. The molecule has 2 N–H and O–H groups in total. The third kappa shape index (κ3) is 3.17. The number of fused-ring (bicyclic) bond motifs is 1. The first-order valence-electron chi connectivity index (χ1n) is 7.34. The first-order chi connectivity index (χ1) is 11.0.